The van der Waals surface area contributed by atoms with E-state index in [1.807, 2.05) is 6.92 Å². The average Bonchev–Trinajstić information content (AvgIpc) is 0.729. The maximum Gasteiger partial charge on any atom is 0.518 e. The largest absolute Gasteiger partial charge is 0.861 e. The van der Waals surface area contributed by atoms with Crippen molar-refractivity contribution in [1.29, 1.82) is 0 Å². The molecule has 20 rings (SSSR count). The Morgan fingerprint density at radius 1 is 0.440 bits per heavy atom. The van der Waals surface area contributed by atoms with E-state index in [2.05, 4.69) is 54.9 Å². The van der Waals surface area contributed by atoms with Crippen LogP contribution in [-0.4, -0.2) is 160 Å². The lowest BCUT2D eigenvalue weighted by Gasteiger charge is -2.62. The van der Waals surface area contributed by atoms with Crippen LogP contribution in [0.1, 0.15) is 247 Å². The molecule has 0 saturated heterocycles. The quantitative estimate of drug-likeness (QED) is 0.0185. The third kappa shape index (κ3) is 24.0. The predicted octanol–water partition coefficient (Wildman–Crippen LogP) is 8.86. The molecule has 18 atom stereocenters. The van der Waals surface area contributed by atoms with Crippen LogP contribution in [0.2, 0.25) is 0 Å². The number of alkyl halides is 3. The fourth-order valence-electron chi connectivity index (χ4n) is 27.3. The zero-order chi connectivity index (χ0) is 92.5. The summed E-state index contributed by atoms with van der Waals surface area (Å²) in [7, 11) is -20.5. The topological polar surface area (TPSA) is 479 Å². The molecule has 125 heavy (non-hydrogen) atoms. The first-order chi connectivity index (χ1) is 57.5. The minimum absolute atomic E-state index is 0.00227. The van der Waals surface area contributed by atoms with E-state index in [4.69, 9.17) is 23.7 Å². The summed E-state index contributed by atoms with van der Waals surface area (Å²) in [5.41, 5.74) is -7.87. The molecule has 20 saturated carbocycles. The second kappa shape index (κ2) is 36.4. The smallest absolute Gasteiger partial charge is 0.518 e. The number of carbonyl (C=O) groups is 5. The van der Waals surface area contributed by atoms with Gasteiger partial charge in [-0.3, -0.25) is 0 Å². The first-order valence-corrected chi connectivity index (χ1v) is 52.2. The van der Waals surface area contributed by atoms with Crippen molar-refractivity contribution in [2.24, 2.45) is 133 Å². The summed E-state index contributed by atoms with van der Waals surface area (Å²) in [5.74, 6) is -0.623. The molecular weight excluding hydrogens is 1730 g/mol. The SMILES string of the molecule is C=C(C)C(=O)OC1(C)C2CC3CC(C2)C(CC([O-])=NS(C)(=O)=O)C1C3.C=C(C)C(=O)OC12CC3CC(CC(CC([O-])=NS(C)(=O)=O)(C3)C1)C2.C=C(C)C(=O)OC12CC3CC(CC(CCCCC([O-])=NS(C)(=O)=O)(C3)C1)C2.C=C(C)C(=O)OC1C2CC3CC(C2)C(CC([O-])=NS(C)(=O)=O)C1C3.C=CC(=O)OC12CC3CC(C1)CC(C([O-])=NS(=O)(=O)C(F)(F)F)(C3)C2. The molecule has 0 aliphatic heterocycles. The lowest BCUT2D eigenvalue weighted by Crippen LogP contribution is -2.62. The summed E-state index contributed by atoms with van der Waals surface area (Å²) in [6.07, 6.45) is 29.6. The van der Waals surface area contributed by atoms with Crippen molar-refractivity contribution < 1.29 is 128 Å². The fraction of sp³-hybridized carbons (Fsp3) is 0.770. The highest BCUT2D eigenvalue weighted by Crippen LogP contribution is 2.68. The van der Waals surface area contributed by atoms with Gasteiger partial charge in [-0.2, -0.15) is 43.6 Å². The molecule has 700 valence electrons. The van der Waals surface area contributed by atoms with Gasteiger partial charge in [-0.1, -0.05) is 39.3 Å². The van der Waals surface area contributed by atoms with Crippen molar-refractivity contribution in [3.8, 4) is 0 Å². The Labute approximate surface area is 733 Å². The van der Waals surface area contributed by atoms with E-state index < -0.39 is 113 Å². The Morgan fingerprint density at radius 2 is 0.848 bits per heavy atom. The Balaban J connectivity index is 0.000000152. The number of rotatable bonds is 27. The van der Waals surface area contributed by atoms with E-state index in [1.54, 1.807) is 27.7 Å². The molecule has 38 heteroatoms. The number of halogens is 3. The van der Waals surface area contributed by atoms with E-state index in [9.17, 15) is 105 Å². The lowest BCUT2D eigenvalue weighted by molar-refractivity contribution is -0.253. The third-order valence-electron chi connectivity index (χ3n) is 29.7. The second-order valence-electron chi connectivity index (χ2n) is 40.9. The van der Waals surface area contributed by atoms with Crippen LogP contribution in [-0.2, 0) is 97.8 Å². The molecule has 0 radical (unpaired) electrons. The van der Waals surface area contributed by atoms with Gasteiger partial charge in [0.1, 0.15) is 28.5 Å². The van der Waals surface area contributed by atoms with E-state index in [0.29, 0.717) is 107 Å². The number of hydrogen-bond donors (Lipinski definition) is 0. The van der Waals surface area contributed by atoms with Gasteiger partial charge in [0.2, 0.25) is 40.1 Å². The molecule has 0 heterocycles. The Morgan fingerprint density at radius 3 is 1.31 bits per heavy atom. The summed E-state index contributed by atoms with van der Waals surface area (Å²) in [6.45, 7) is 26.6. The number of esters is 5. The Hall–Kier alpha value is -7.06. The van der Waals surface area contributed by atoms with E-state index in [-0.39, 0.29) is 127 Å². The molecule has 0 N–H and O–H groups in total. The molecule has 0 aromatic carbocycles. The normalized spacial score (nSPS) is 37.9. The molecule has 0 aromatic rings. The summed E-state index contributed by atoms with van der Waals surface area (Å²) in [6, 6.07) is 0. The molecule has 20 fully saturated rings. The van der Waals surface area contributed by atoms with Crippen LogP contribution in [0.4, 0.5) is 13.2 Å². The van der Waals surface area contributed by atoms with Gasteiger partial charge in [-0.05, 0) is 369 Å². The van der Waals surface area contributed by atoms with Gasteiger partial charge in [0, 0.05) is 39.7 Å². The molecule has 0 amide bonds. The van der Waals surface area contributed by atoms with Gasteiger partial charge >= 0.3 is 45.4 Å². The van der Waals surface area contributed by atoms with Crippen LogP contribution >= 0.6 is 0 Å². The number of nitrogens with zero attached hydrogens (tertiary/aromatic N) is 5. The molecule has 0 aromatic heterocycles. The highest BCUT2D eigenvalue weighted by molar-refractivity contribution is 7.91. The Bertz CT molecular complexity index is 5020. The van der Waals surface area contributed by atoms with Crippen LogP contribution in [0.15, 0.2) is 83.3 Å². The van der Waals surface area contributed by atoms with Gasteiger partial charge in [-0.25, -0.2) is 57.6 Å². The summed E-state index contributed by atoms with van der Waals surface area (Å²) >= 11 is 0. The van der Waals surface area contributed by atoms with Crippen LogP contribution in [0.25, 0.3) is 0 Å². The van der Waals surface area contributed by atoms with Crippen molar-refractivity contribution in [1.82, 2.24) is 0 Å². The average molecular weight is 1850 g/mol. The number of sulfonamides is 5. The summed E-state index contributed by atoms with van der Waals surface area (Å²) in [4.78, 5) is 60.0. The Kier molecular flexibility index (Phi) is 28.7. The number of carbonyl (C=O) groups excluding carboxylic acids is 5. The molecular formula is C87H121F3N5O25S5-5. The van der Waals surface area contributed by atoms with Crippen LogP contribution in [0, 0.1) is 111 Å². The van der Waals surface area contributed by atoms with Gasteiger partial charge in [0.15, 0.2) is 0 Å². The van der Waals surface area contributed by atoms with Gasteiger partial charge in [0.25, 0.3) is 0 Å². The molecule has 20 aliphatic carbocycles. The van der Waals surface area contributed by atoms with Gasteiger partial charge in [0.05, 0.1) is 25.0 Å². The van der Waals surface area contributed by atoms with Crippen LogP contribution in [0.5, 0.6) is 0 Å². The van der Waals surface area contributed by atoms with Gasteiger partial charge < -0.3 is 49.2 Å². The van der Waals surface area contributed by atoms with Gasteiger partial charge in [-0.15, -0.1) is 0 Å². The number of ether oxygens (including phenoxy) is 5. The minimum Gasteiger partial charge on any atom is -0.861 e. The monoisotopic (exact) mass is 1850 g/mol. The molecule has 30 nitrogen and oxygen atoms in total. The zero-order valence-corrected chi connectivity index (χ0v) is 77.0. The van der Waals surface area contributed by atoms with Crippen molar-refractivity contribution in [2.45, 2.75) is 281 Å². The second-order valence-corrected chi connectivity index (χ2v) is 49.0. The van der Waals surface area contributed by atoms with Crippen molar-refractivity contribution >= 4 is 109 Å². The van der Waals surface area contributed by atoms with E-state index in [0.717, 1.165) is 153 Å². The number of unbranched alkanes of at least 4 members (excludes halogenated alkanes) is 1. The maximum absolute atomic E-state index is 12.5. The van der Waals surface area contributed by atoms with E-state index in [1.165, 1.54) is 19.3 Å². The standard InChI is InChI=1S/C20H31NO5S.C18H27NO5S.2C17H25NO5S.C15H18F3NO5S/c1-14(2)18(23)26-20-11-15-8-16(12-20)10-19(9-15,13-20)7-5-4-6-17(22)21-27(3,24)25;1-10(2)17(21)24-18(3)13-6-11-5-12(8-13)14(15(18)7-11)9-16(20)19-25(4,22)23;1-11(2)15(20)23-17-7-12-4-13(8-17)6-16(5-12,10-17)9-14(19)18-24(3,21)22;1-9(2)17(20)23-16-12-5-10-4-11(7-12)13(14(16)6-10)8-15(19)18-24(3,21)22;1-2-11(20)24-14-6-9-3-10(7-14)5-13(4-9,8-14)12(21)19-25(22,23)15(16,17)18/h15-16H,1,4-13H2,2-3H3,(H,21,22);11-15H,1,5-9H2,2-4H3,(H,19,20);12-13H,1,4-10H2,2-3H3,(H,18,19);10-14,16H,1,4-8H2,2-3H3,(H,18,19);2,9-10H,1,3-8H2,(H,19,21)/p-5. The molecule has 18 unspecified atom stereocenters. The van der Waals surface area contributed by atoms with Crippen molar-refractivity contribution in [2.75, 3.05) is 25.0 Å². The molecule has 20 bridgehead atoms. The highest BCUT2D eigenvalue weighted by atomic mass is 32.2. The number of hydrogen-bond acceptors (Lipinski definition) is 25. The predicted molar refractivity (Wildman–Crippen MR) is 447 cm³/mol. The first-order valence-electron chi connectivity index (χ1n) is 43.3. The highest BCUT2D eigenvalue weighted by Gasteiger charge is 2.65. The van der Waals surface area contributed by atoms with Crippen LogP contribution < -0.4 is 25.5 Å². The first kappa shape index (κ1) is 98.5. The maximum atomic E-state index is 12.5. The summed E-state index contributed by atoms with van der Waals surface area (Å²) < 4.78 is 194. The molecule has 20 aliphatic rings. The zero-order valence-electron chi connectivity index (χ0n) is 72.9. The third-order valence-corrected chi connectivity index (χ3v) is 32.8. The minimum atomic E-state index is -5.89. The lowest BCUT2D eigenvalue weighted by atomic mass is 9.46. The molecule has 0 spiro atoms. The summed E-state index contributed by atoms with van der Waals surface area (Å²) in [5, 5.41) is 60.3. The van der Waals surface area contributed by atoms with Crippen molar-refractivity contribution in [3.05, 3.63) is 61.3 Å². The van der Waals surface area contributed by atoms with Crippen molar-refractivity contribution in [3.63, 3.8) is 0 Å². The fourth-order valence-corrected chi connectivity index (χ4v) is 29.6. The van der Waals surface area contributed by atoms with Crippen LogP contribution in [0.3, 0.4) is 0 Å². The van der Waals surface area contributed by atoms with E-state index >= 15 is 0 Å².